The molecule has 54 heavy (non-hydrogen) atoms. The van der Waals surface area contributed by atoms with Gasteiger partial charge in [-0.2, -0.15) is 4.31 Å². The summed E-state index contributed by atoms with van der Waals surface area (Å²) in [4.78, 5) is 52.1. The molecule has 0 bridgehead atoms. The molecule has 1 aromatic heterocycles. The number of carbonyl (C=O) groups is 3. The van der Waals surface area contributed by atoms with Crippen LogP contribution in [0.25, 0.3) is 11.3 Å². The van der Waals surface area contributed by atoms with Crippen molar-refractivity contribution in [3.05, 3.63) is 108 Å². The number of nitrogens with two attached hydrogens (primary N) is 1. The van der Waals surface area contributed by atoms with E-state index < -0.39 is 52.0 Å². The number of amides is 4. The van der Waals surface area contributed by atoms with Gasteiger partial charge in [0.15, 0.2) is 0 Å². The fraction of sp³-hybridized carbons (Fsp3) is 0.359. The molecule has 3 aromatic carbocycles. The van der Waals surface area contributed by atoms with Gasteiger partial charge in [0.1, 0.15) is 12.6 Å². The number of aromatic nitrogens is 2. The van der Waals surface area contributed by atoms with Gasteiger partial charge in [-0.3, -0.25) is 24.5 Å². The fourth-order valence-electron chi connectivity index (χ4n) is 6.46. The van der Waals surface area contributed by atoms with E-state index in [-0.39, 0.29) is 54.1 Å². The highest BCUT2D eigenvalue weighted by Crippen LogP contribution is 2.27. The summed E-state index contributed by atoms with van der Waals surface area (Å²) in [5.74, 6) is -1.58. The molecule has 4 aromatic rings. The Labute approximate surface area is 321 Å². The molecule has 4 N–H and O–H groups in total. The minimum atomic E-state index is -4.15. The Morgan fingerprint density at radius 2 is 1.70 bits per heavy atom. The van der Waals surface area contributed by atoms with Crippen LogP contribution in [0.2, 0.25) is 5.02 Å². The van der Waals surface area contributed by atoms with Crippen molar-refractivity contribution < 1.29 is 27.9 Å². The second-order valence-corrected chi connectivity index (χ2v) is 16.5. The van der Waals surface area contributed by atoms with E-state index in [9.17, 15) is 27.9 Å². The van der Waals surface area contributed by atoms with Crippen LogP contribution in [0.3, 0.4) is 0 Å². The van der Waals surface area contributed by atoms with Crippen LogP contribution in [0, 0.1) is 11.8 Å². The summed E-state index contributed by atoms with van der Waals surface area (Å²) in [5, 5.41) is 14.9. The lowest BCUT2D eigenvalue weighted by Crippen LogP contribution is -2.57. The quantitative estimate of drug-likeness (QED) is 0.108. The van der Waals surface area contributed by atoms with Crippen molar-refractivity contribution >= 4 is 45.2 Å². The highest BCUT2D eigenvalue weighted by molar-refractivity contribution is 7.89. The molecule has 0 unspecified atom stereocenters. The van der Waals surface area contributed by atoms with E-state index in [0.717, 1.165) is 16.0 Å². The summed E-state index contributed by atoms with van der Waals surface area (Å²) >= 11 is 6.07. The van der Waals surface area contributed by atoms with Crippen molar-refractivity contribution in [1.82, 2.24) is 29.4 Å². The zero-order valence-corrected chi connectivity index (χ0v) is 32.2. The maximum atomic E-state index is 14.2. The van der Waals surface area contributed by atoms with Gasteiger partial charge in [-0.05, 0) is 53.6 Å². The van der Waals surface area contributed by atoms with E-state index in [1.165, 1.54) is 27.4 Å². The summed E-state index contributed by atoms with van der Waals surface area (Å²) in [5.41, 5.74) is 8.93. The molecular formula is C39H46ClN7O6S. The Kier molecular flexibility index (Phi) is 13.1. The number of benzene rings is 3. The highest BCUT2D eigenvalue weighted by Gasteiger charge is 2.44. The average Bonchev–Trinajstić information content (AvgIpc) is 3.40. The Hall–Kier alpha value is -4.89. The Morgan fingerprint density at radius 1 is 0.981 bits per heavy atom. The molecule has 1 aliphatic rings. The van der Waals surface area contributed by atoms with Crippen molar-refractivity contribution in [3.8, 4) is 11.3 Å². The molecule has 15 heteroatoms. The van der Waals surface area contributed by atoms with Gasteiger partial charge in [-0.25, -0.2) is 13.2 Å². The van der Waals surface area contributed by atoms with Crippen LogP contribution in [0.5, 0.6) is 0 Å². The number of nitrogens with zero attached hydrogens (tertiary/aromatic N) is 5. The van der Waals surface area contributed by atoms with Crippen molar-refractivity contribution in [2.75, 3.05) is 25.4 Å². The maximum absolute atomic E-state index is 14.2. The second-order valence-electron chi connectivity index (χ2n) is 14.1. The third-order valence-corrected chi connectivity index (χ3v) is 11.3. The molecule has 1 aliphatic heterocycles. The second kappa shape index (κ2) is 17.5. The van der Waals surface area contributed by atoms with Gasteiger partial charge in [-0.15, -0.1) is 0 Å². The number of urea groups is 1. The number of sulfonamides is 1. The first-order valence-electron chi connectivity index (χ1n) is 17.7. The van der Waals surface area contributed by atoms with Crippen LogP contribution in [-0.4, -0.2) is 93.3 Å². The standard InChI is InChI=1S/C39H46ClN7O6S/c1-25(2)21-45(54(52,53)30-13-14-31(40)32(41)19-30)23-35(48)33(18-27-9-6-5-7-10-27)44-38(50)37(26(3)4)47-24-36(49)46(39(47)51)22-28-11-8-12-29(17-28)34-20-42-15-16-43-34/h5-17,19-20,25-26,33,35,37,48H,18,21-24,41H2,1-4H3,(H,44,50)/t33-,35+,37-/m0/s1. The van der Waals surface area contributed by atoms with Crippen LogP contribution < -0.4 is 11.1 Å². The van der Waals surface area contributed by atoms with Gasteiger partial charge >= 0.3 is 6.03 Å². The Bertz CT molecular complexity index is 2050. The SMILES string of the molecule is CC(C)CN(C[C@@H](O)[C@H](Cc1ccccc1)NC(=O)[C@H](C(C)C)N1CC(=O)N(Cc2cccc(-c3cnccn3)c2)C1=O)S(=O)(=O)c1ccc(Cl)c(N)c1. The fourth-order valence-corrected chi connectivity index (χ4v) is 8.24. The molecule has 3 atom stereocenters. The number of rotatable bonds is 16. The predicted molar refractivity (Wildman–Crippen MR) is 206 cm³/mol. The van der Waals surface area contributed by atoms with Crippen LogP contribution >= 0.6 is 11.6 Å². The van der Waals surface area contributed by atoms with Crippen molar-refractivity contribution in [2.24, 2.45) is 11.8 Å². The monoisotopic (exact) mass is 775 g/mol. The van der Waals surface area contributed by atoms with E-state index in [0.29, 0.717) is 11.3 Å². The summed E-state index contributed by atoms with van der Waals surface area (Å²) < 4.78 is 29.0. The lowest BCUT2D eigenvalue weighted by Gasteiger charge is -2.34. The Morgan fingerprint density at radius 3 is 2.35 bits per heavy atom. The summed E-state index contributed by atoms with van der Waals surface area (Å²) in [7, 11) is -4.15. The largest absolute Gasteiger partial charge is 0.397 e. The highest BCUT2D eigenvalue weighted by atomic mass is 35.5. The average molecular weight is 776 g/mol. The molecule has 0 saturated carbocycles. The summed E-state index contributed by atoms with van der Waals surface area (Å²) in [6.07, 6.45) is 3.55. The Balaban J connectivity index is 1.38. The van der Waals surface area contributed by atoms with E-state index in [1.54, 1.807) is 38.5 Å². The third-order valence-electron chi connectivity index (χ3n) is 9.10. The van der Waals surface area contributed by atoms with E-state index in [1.807, 2.05) is 62.4 Å². The maximum Gasteiger partial charge on any atom is 0.328 e. The minimum Gasteiger partial charge on any atom is -0.397 e. The number of nitrogen functional groups attached to an aromatic ring is 1. The number of aliphatic hydroxyl groups excluding tert-OH is 1. The molecular weight excluding hydrogens is 730 g/mol. The van der Waals surface area contributed by atoms with Crippen LogP contribution in [0.1, 0.15) is 38.8 Å². The number of halogens is 1. The zero-order chi connectivity index (χ0) is 39.2. The molecule has 0 radical (unpaired) electrons. The molecule has 13 nitrogen and oxygen atoms in total. The molecule has 0 aliphatic carbocycles. The van der Waals surface area contributed by atoms with Gasteiger partial charge in [0.2, 0.25) is 15.9 Å². The van der Waals surface area contributed by atoms with Gasteiger partial charge in [0, 0.05) is 31.0 Å². The first-order chi connectivity index (χ1) is 25.6. The number of anilines is 1. The lowest BCUT2D eigenvalue weighted by molar-refractivity contribution is -0.129. The minimum absolute atomic E-state index is 0.0104. The van der Waals surface area contributed by atoms with Gasteiger partial charge in [-0.1, -0.05) is 87.8 Å². The molecule has 4 amide bonds. The third kappa shape index (κ3) is 9.61. The molecule has 2 heterocycles. The number of carbonyl (C=O) groups excluding carboxylic acids is 3. The van der Waals surface area contributed by atoms with Gasteiger partial charge < -0.3 is 21.1 Å². The van der Waals surface area contributed by atoms with E-state index >= 15 is 0 Å². The number of aliphatic hydroxyl groups is 1. The number of nitrogens with one attached hydrogen (secondary N) is 1. The molecule has 0 spiro atoms. The number of hydrogen-bond acceptors (Lipinski definition) is 9. The van der Waals surface area contributed by atoms with E-state index in [2.05, 4.69) is 15.3 Å². The number of imide groups is 1. The normalized spacial score (nSPS) is 15.3. The van der Waals surface area contributed by atoms with Crippen LogP contribution in [0.15, 0.2) is 96.3 Å². The van der Waals surface area contributed by atoms with E-state index in [4.69, 9.17) is 17.3 Å². The van der Waals surface area contributed by atoms with Crippen LogP contribution in [-0.2, 0) is 32.6 Å². The lowest BCUT2D eigenvalue weighted by atomic mass is 9.97. The van der Waals surface area contributed by atoms with Gasteiger partial charge in [0.05, 0.1) is 46.2 Å². The molecule has 1 fully saturated rings. The van der Waals surface area contributed by atoms with Crippen molar-refractivity contribution in [1.29, 1.82) is 0 Å². The van der Waals surface area contributed by atoms with Crippen molar-refractivity contribution in [2.45, 2.75) is 63.7 Å². The molecule has 1 saturated heterocycles. The predicted octanol–water partition coefficient (Wildman–Crippen LogP) is 4.60. The summed E-state index contributed by atoms with van der Waals surface area (Å²) in [6.45, 7) is 6.65. The molecule has 5 rings (SSSR count). The van der Waals surface area contributed by atoms with Crippen molar-refractivity contribution in [3.63, 3.8) is 0 Å². The van der Waals surface area contributed by atoms with Crippen LogP contribution in [0.4, 0.5) is 10.5 Å². The zero-order valence-electron chi connectivity index (χ0n) is 30.7. The first-order valence-corrected chi connectivity index (χ1v) is 19.5. The smallest absolute Gasteiger partial charge is 0.328 e. The number of hydrogen-bond donors (Lipinski definition) is 3. The van der Waals surface area contributed by atoms with Gasteiger partial charge in [0.25, 0.3) is 5.91 Å². The topological polar surface area (TPSA) is 179 Å². The molecule has 286 valence electrons. The first kappa shape index (κ1) is 40.3. The summed E-state index contributed by atoms with van der Waals surface area (Å²) in [6, 6.07) is 17.8.